The summed E-state index contributed by atoms with van der Waals surface area (Å²) >= 11 is 0. The standard InChI is InChI=1S/C20H13F4NO/c21-18-4-1-13(2-5-18)7-14-8-15(12-26)10-16(9-14)19-6-3-17(11-25-19)20(22,23)24/h1-6,8-12H,7H2. The third-order valence-corrected chi connectivity index (χ3v) is 3.86. The highest BCUT2D eigenvalue weighted by atomic mass is 19.4. The third-order valence-electron chi connectivity index (χ3n) is 3.86. The number of pyridine rings is 1. The number of halogens is 4. The Kier molecular flexibility index (Phi) is 4.84. The molecule has 0 atom stereocenters. The molecule has 0 N–H and O–H groups in total. The van der Waals surface area contributed by atoms with E-state index in [4.69, 9.17) is 0 Å². The molecule has 0 unspecified atom stereocenters. The van der Waals surface area contributed by atoms with Gasteiger partial charge in [0.2, 0.25) is 0 Å². The molecule has 26 heavy (non-hydrogen) atoms. The minimum Gasteiger partial charge on any atom is -0.298 e. The number of alkyl halides is 3. The van der Waals surface area contributed by atoms with Gasteiger partial charge in [0.05, 0.1) is 11.3 Å². The van der Waals surface area contributed by atoms with Crippen LogP contribution in [-0.2, 0) is 12.6 Å². The van der Waals surface area contributed by atoms with Crippen LogP contribution >= 0.6 is 0 Å². The Labute approximate surface area is 147 Å². The average molecular weight is 359 g/mol. The van der Waals surface area contributed by atoms with Crippen LogP contribution in [0, 0.1) is 5.82 Å². The Hall–Kier alpha value is -3.02. The van der Waals surface area contributed by atoms with E-state index in [1.165, 1.54) is 18.2 Å². The van der Waals surface area contributed by atoms with Crippen molar-refractivity contribution >= 4 is 6.29 Å². The van der Waals surface area contributed by atoms with E-state index < -0.39 is 11.7 Å². The van der Waals surface area contributed by atoms with Crippen LogP contribution in [0.3, 0.4) is 0 Å². The SMILES string of the molecule is O=Cc1cc(Cc2ccc(F)cc2)cc(-c2ccc(C(F)(F)F)cn2)c1. The van der Waals surface area contributed by atoms with Crippen molar-refractivity contribution < 1.29 is 22.4 Å². The number of nitrogens with zero attached hydrogens (tertiary/aromatic N) is 1. The van der Waals surface area contributed by atoms with Crippen molar-refractivity contribution in [2.45, 2.75) is 12.6 Å². The van der Waals surface area contributed by atoms with Crippen LogP contribution in [-0.4, -0.2) is 11.3 Å². The zero-order valence-electron chi connectivity index (χ0n) is 13.4. The fourth-order valence-corrected chi connectivity index (χ4v) is 2.61. The number of aromatic nitrogens is 1. The van der Waals surface area contributed by atoms with E-state index >= 15 is 0 Å². The van der Waals surface area contributed by atoms with Gasteiger partial charge in [-0.05, 0) is 60.0 Å². The van der Waals surface area contributed by atoms with Crippen molar-refractivity contribution in [1.82, 2.24) is 4.98 Å². The molecule has 6 heteroatoms. The number of benzene rings is 2. The largest absolute Gasteiger partial charge is 0.417 e. The molecular weight excluding hydrogens is 346 g/mol. The highest BCUT2D eigenvalue weighted by Crippen LogP contribution is 2.30. The molecule has 0 spiro atoms. The minimum atomic E-state index is -4.45. The van der Waals surface area contributed by atoms with Gasteiger partial charge in [0.25, 0.3) is 0 Å². The predicted octanol–water partition coefficient (Wildman–Crippen LogP) is 5.31. The average Bonchev–Trinajstić information content (AvgIpc) is 2.63. The van der Waals surface area contributed by atoms with E-state index in [9.17, 15) is 22.4 Å². The van der Waals surface area contributed by atoms with E-state index in [0.29, 0.717) is 29.5 Å². The van der Waals surface area contributed by atoms with E-state index in [-0.39, 0.29) is 5.82 Å². The van der Waals surface area contributed by atoms with Crippen LogP contribution in [0.2, 0.25) is 0 Å². The summed E-state index contributed by atoms with van der Waals surface area (Å²) in [6.07, 6.45) is -2.57. The first-order valence-electron chi connectivity index (χ1n) is 7.72. The van der Waals surface area contributed by atoms with Crippen LogP contribution in [0.25, 0.3) is 11.3 Å². The molecule has 0 radical (unpaired) electrons. The Balaban J connectivity index is 1.94. The highest BCUT2D eigenvalue weighted by Gasteiger charge is 2.30. The number of carbonyl (C=O) groups is 1. The van der Waals surface area contributed by atoms with Gasteiger partial charge in [-0.3, -0.25) is 9.78 Å². The number of hydrogen-bond donors (Lipinski definition) is 0. The lowest BCUT2D eigenvalue weighted by molar-refractivity contribution is -0.137. The van der Waals surface area contributed by atoms with Gasteiger partial charge in [-0.25, -0.2) is 4.39 Å². The van der Waals surface area contributed by atoms with Gasteiger partial charge in [-0.15, -0.1) is 0 Å². The molecular formula is C20H13F4NO. The second kappa shape index (κ2) is 7.07. The molecule has 0 saturated carbocycles. The number of aldehydes is 1. The van der Waals surface area contributed by atoms with Crippen molar-refractivity contribution in [3.63, 3.8) is 0 Å². The van der Waals surface area contributed by atoms with E-state index in [1.807, 2.05) is 0 Å². The van der Waals surface area contributed by atoms with Crippen molar-refractivity contribution in [1.29, 1.82) is 0 Å². The van der Waals surface area contributed by atoms with Gasteiger partial charge >= 0.3 is 6.18 Å². The maximum absolute atomic E-state index is 13.0. The molecule has 0 aliphatic rings. The van der Waals surface area contributed by atoms with Gasteiger partial charge < -0.3 is 0 Å². The van der Waals surface area contributed by atoms with E-state index in [1.54, 1.807) is 30.3 Å². The van der Waals surface area contributed by atoms with Gasteiger partial charge in [-0.1, -0.05) is 12.1 Å². The fourth-order valence-electron chi connectivity index (χ4n) is 2.61. The summed E-state index contributed by atoms with van der Waals surface area (Å²) < 4.78 is 51.0. The van der Waals surface area contributed by atoms with Gasteiger partial charge in [0.15, 0.2) is 0 Å². The Morgan fingerprint density at radius 3 is 2.23 bits per heavy atom. The monoisotopic (exact) mass is 359 g/mol. The summed E-state index contributed by atoms with van der Waals surface area (Å²) in [6, 6.07) is 13.2. The second-order valence-corrected chi connectivity index (χ2v) is 5.81. The third kappa shape index (κ3) is 4.14. The van der Waals surface area contributed by atoms with Crippen LogP contribution in [0.15, 0.2) is 60.8 Å². The van der Waals surface area contributed by atoms with Crippen LogP contribution in [0.5, 0.6) is 0 Å². The summed E-state index contributed by atoms with van der Waals surface area (Å²) in [5.74, 6) is -0.343. The van der Waals surface area contributed by atoms with Crippen molar-refractivity contribution in [3.05, 3.63) is 88.9 Å². The molecule has 0 saturated heterocycles. The van der Waals surface area contributed by atoms with Crippen molar-refractivity contribution in [3.8, 4) is 11.3 Å². The lowest BCUT2D eigenvalue weighted by Gasteiger charge is -2.09. The molecule has 1 aromatic heterocycles. The van der Waals surface area contributed by atoms with Crippen LogP contribution in [0.1, 0.15) is 27.0 Å². The lowest BCUT2D eigenvalue weighted by Crippen LogP contribution is -2.05. The van der Waals surface area contributed by atoms with Crippen molar-refractivity contribution in [2.24, 2.45) is 0 Å². The number of carbonyl (C=O) groups excluding carboxylic acids is 1. The smallest absolute Gasteiger partial charge is 0.298 e. The molecule has 1 heterocycles. The lowest BCUT2D eigenvalue weighted by atomic mass is 9.98. The number of rotatable bonds is 4. The zero-order valence-corrected chi connectivity index (χ0v) is 13.4. The second-order valence-electron chi connectivity index (χ2n) is 5.81. The molecule has 2 nitrogen and oxygen atoms in total. The molecule has 3 rings (SSSR count). The molecule has 0 fully saturated rings. The van der Waals surface area contributed by atoms with Crippen LogP contribution in [0.4, 0.5) is 17.6 Å². The molecule has 3 aromatic rings. The summed E-state index contributed by atoms with van der Waals surface area (Å²) in [5, 5.41) is 0. The molecule has 0 aliphatic carbocycles. The highest BCUT2D eigenvalue weighted by molar-refractivity contribution is 5.79. The maximum atomic E-state index is 13.0. The summed E-state index contributed by atoms with van der Waals surface area (Å²) in [7, 11) is 0. The molecule has 0 aliphatic heterocycles. The first-order valence-corrected chi connectivity index (χ1v) is 7.72. The van der Waals surface area contributed by atoms with Crippen LogP contribution < -0.4 is 0 Å². The normalized spacial score (nSPS) is 11.4. The molecule has 2 aromatic carbocycles. The number of hydrogen-bond acceptors (Lipinski definition) is 2. The predicted molar refractivity (Wildman–Crippen MR) is 89.3 cm³/mol. The summed E-state index contributed by atoms with van der Waals surface area (Å²) in [6.45, 7) is 0. The zero-order chi connectivity index (χ0) is 18.7. The van der Waals surface area contributed by atoms with E-state index in [0.717, 1.165) is 23.4 Å². The van der Waals surface area contributed by atoms with Gasteiger partial charge in [0, 0.05) is 17.3 Å². The summed E-state index contributed by atoms with van der Waals surface area (Å²) in [4.78, 5) is 15.1. The first-order chi connectivity index (χ1) is 12.3. The molecule has 0 bridgehead atoms. The quantitative estimate of drug-likeness (QED) is 0.467. The van der Waals surface area contributed by atoms with Crippen molar-refractivity contribution in [2.75, 3.05) is 0 Å². The topological polar surface area (TPSA) is 30.0 Å². The molecule has 132 valence electrons. The maximum Gasteiger partial charge on any atom is 0.417 e. The minimum absolute atomic E-state index is 0.335. The Morgan fingerprint density at radius 1 is 0.923 bits per heavy atom. The van der Waals surface area contributed by atoms with Gasteiger partial charge in [0.1, 0.15) is 12.1 Å². The van der Waals surface area contributed by atoms with Gasteiger partial charge in [-0.2, -0.15) is 13.2 Å². The Morgan fingerprint density at radius 2 is 1.65 bits per heavy atom. The first kappa shape index (κ1) is 17.8. The Bertz CT molecular complexity index is 916. The van der Waals surface area contributed by atoms with E-state index in [2.05, 4.69) is 4.98 Å². The fraction of sp³-hybridized carbons (Fsp3) is 0.100. The molecule has 0 amide bonds. The summed E-state index contributed by atoms with van der Waals surface area (Å²) in [5.41, 5.74) is 2.06.